The van der Waals surface area contributed by atoms with Gasteiger partial charge in [-0.15, -0.1) is 0 Å². The first-order valence-electron chi connectivity index (χ1n) is 8.42. The van der Waals surface area contributed by atoms with Gasteiger partial charge in [-0.05, 0) is 61.4 Å². The molecule has 0 spiro atoms. The van der Waals surface area contributed by atoms with Gasteiger partial charge in [0.25, 0.3) is 0 Å². The molecule has 0 saturated heterocycles. The molecule has 1 aliphatic heterocycles. The molecule has 8 heteroatoms. The largest absolute Gasteiger partial charge is 0.379 e. The molecular weight excluding hydrogens is 368 g/mol. The minimum atomic E-state index is -4.02. The summed E-state index contributed by atoms with van der Waals surface area (Å²) < 4.78 is 30.4. The lowest BCUT2D eigenvalue weighted by atomic mass is 10.1. The van der Waals surface area contributed by atoms with E-state index in [0.717, 1.165) is 11.3 Å². The van der Waals surface area contributed by atoms with E-state index in [1.807, 2.05) is 6.92 Å². The number of anilines is 2. The Balaban J connectivity index is 1.83. The Hall–Kier alpha value is -2.87. The molecule has 1 atom stereocenters. The van der Waals surface area contributed by atoms with Gasteiger partial charge in [0.15, 0.2) is 0 Å². The second-order valence-electron chi connectivity index (χ2n) is 6.48. The fraction of sp³-hybridized carbons (Fsp3) is 0.263. The minimum Gasteiger partial charge on any atom is -0.379 e. The Kier molecular flexibility index (Phi) is 4.93. The van der Waals surface area contributed by atoms with Crippen LogP contribution in [-0.2, 0) is 26.1 Å². The van der Waals surface area contributed by atoms with E-state index in [1.54, 1.807) is 29.2 Å². The molecule has 0 aliphatic carbocycles. The van der Waals surface area contributed by atoms with Gasteiger partial charge in [-0.3, -0.25) is 9.59 Å². The van der Waals surface area contributed by atoms with Crippen molar-refractivity contribution in [2.24, 2.45) is 0 Å². The fourth-order valence-corrected chi connectivity index (χ4v) is 4.20. The molecule has 3 rings (SSSR count). The first kappa shape index (κ1) is 18.9. The van der Waals surface area contributed by atoms with Crippen molar-refractivity contribution in [2.75, 3.05) is 10.2 Å². The van der Waals surface area contributed by atoms with Crippen LogP contribution in [0.5, 0.6) is 5.75 Å². The molecule has 0 aromatic heterocycles. The maximum atomic E-state index is 12.6. The Bertz CT molecular complexity index is 999. The highest BCUT2D eigenvalue weighted by Crippen LogP contribution is 2.34. The van der Waals surface area contributed by atoms with Crippen LogP contribution in [0.4, 0.5) is 11.4 Å². The molecule has 2 aromatic carbocycles. The van der Waals surface area contributed by atoms with E-state index in [0.29, 0.717) is 12.1 Å². The fourth-order valence-electron chi connectivity index (χ4n) is 3.21. The van der Waals surface area contributed by atoms with Crippen LogP contribution in [0, 0.1) is 0 Å². The van der Waals surface area contributed by atoms with Crippen molar-refractivity contribution in [2.45, 2.75) is 38.1 Å². The average molecular weight is 388 g/mol. The smallest absolute Gasteiger partial charge is 0.339 e. The normalized spacial score (nSPS) is 16.0. The van der Waals surface area contributed by atoms with Crippen molar-refractivity contribution >= 4 is 33.3 Å². The summed E-state index contributed by atoms with van der Waals surface area (Å²) in [6, 6.07) is 10.7. The maximum Gasteiger partial charge on any atom is 0.339 e. The van der Waals surface area contributed by atoms with Crippen LogP contribution in [0.25, 0.3) is 0 Å². The number of fused-ring (bicyclic) bond motifs is 1. The standard InChI is InChI=1S/C19H20N2O5S/c1-12-10-15-11-18(8-9-19(15)21(12)14(3)23)27(24,25)26-17-6-4-16(5-7-17)20-13(2)22/h4-9,11-12H,10H2,1-3H3,(H,20,22)/t12-/m1/s1. The lowest BCUT2D eigenvalue weighted by molar-refractivity contribution is -0.117. The highest BCUT2D eigenvalue weighted by molar-refractivity contribution is 7.87. The van der Waals surface area contributed by atoms with Crippen LogP contribution < -0.4 is 14.4 Å². The summed E-state index contributed by atoms with van der Waals surface area (Å²) in [6.07, 6.45) is 0.587. The second kappa shape index (κ2) is 7.03. The quantitative estimate of drug-likeness (QED) is 0.813. The summed E-state index contributed by atoms with van der Waals surface area (Å²) in [6.45, 7) is 4.80. The zero-order chi connectivity index (χ0) is 19.8. The third kappa shape index (κ3) is 3.95. The van der Waals surface area contributed by atoms with Crippen LogP contribution in [-0.4, -0.2) is 26.3 Å². The highest BCUT2D eigenvalue weighted by atomic mass is 32.2. The lowest BCUT2D eigenvalue weighted by Crippen LogP contribution is -2.33. The SMILES string of the molecule is CC(=O)Nc1ccc(OS(=O)(=O)c2ccc3c(c2)C[C@@H](C)N3C(C)=O)cc1. The van der Waals surface area contributed by atoms with Gasteiger partial charge in [0, 0.05) is 31.3 Å². The first-order chi connectivity index (χ1) is 12.7. The summed E-state index contributed by atoms with van der Waals surface area (Å²) in [4.78, 5) is 24.5. The van der Waals surface area contributed by atoms with Gasteiger partial charge in [0.05, 0.1) is 0 Å². The molecule has 1 heterocycles. The Morgan fingerprint density at radius 3 is 2.37 bits per heavy atom. The maximum absolute atomic E-state index is 12.6. The van der Waals surface area contributed by atoms with E-state index in [2.05, 4.69) is 5.32 Å². The molecule has 0 saturated carbocycles. The summed E-state index contributed by atoms with van der Waals surface area (Å²) in [5.41, 5.74) is 2.07. The molecule has 2 aromatic rings. The molecule has 0 fully saturated rings. The molecular formula is C19H20N2O5S. The number of rotatable bonds is 4. The Morgan fingerprint density at radius 1 is 1.11 bits per heavy atom. The van der Waals surface area contributed by atoms with Gasteiger partial charge in [-0.25, -0.2) is 0 Å². The van der Waals surface area contributed by atoms with Gasteiger partial charge >= 0.3 is 10.1 Å². The number of benzene rings is 2. The molecule has 7 nitrogen and oxygen atoms in total. The van der Waals surface area contributed by atoms with Crippen LogP contribution in [0.1, 0.15) is 26.3 Å². The summed E-state index contributed by atoms with van der Waals surface area (Å²) in [5, 5.41) is 2.60. The molecule has 2 amide bonds. The van der Waals surface area contributed by atoms with Crippen molar-refractivity contribution < 1.29 is 22.2 Å². The van der Waals surface area contributed by atoms with Crippen LogP contribution in [0.2, 0.25) is 0 Å². The number of hydrogen-bond acceptors (Lipinski definition) is 5. The second-order valence-corrected chi connectivity index (χ2v) is 8.02. The lowest BCUT2D eigenvalue weighted by Gasteiger charge is -2.20. The van der Waals surface area contributed by atoms with Gasteiger partial charge in [-0.2, -0.15) is 8.42 Å². The minimum absolute atomic E-state index is 0.0160. The molecule has 142 valence electrons. The summed E-state index contributed by atoms with van der Waals surface area (Å²) >= 11 is 0. The number of nitrogens with one attached hydrogen (secondary N) is 1. The molecule has 0 radical (unpaired) electrons. The van der Waals surface area contributed by atoms with E-state index >= 15 is 0 Å². The molecule has 0 unspecified atom stereocenters. The van der Waals surface area contributed by atoms with E-state index < -0.39 is 10.1 Å². The van der Waals surface area contributed by atoms with Crippen molar-refractivity contribution in [3.05, 3.63) is 48.0 Å². The highest BCUT2D eigenvalue weighted by Gasteiger charge is 2.30. The molecule has 0 bridgehead atoms. The molecule has 27 heavy (non-hydrogen) atoms. The third-order valence-corrected chi connectivity index (χ3v) is 5.52. The monoisotopic (exact) mass is 388 g/mol. The molecule has 1 aliphatic rings. The zero-order valence-corrected chi connectivity index (χ0v) is 16.0. The van der Waals surface area contributed by atoms with E-state index in [4.69, 9.17) is 4.18 Å². The summed E-state index contributed by atoms with van der Waals surface area (Å²) in [5.74, 6) is -0.154. The van der Waals surface area contributed by atoms with Gasteiger partial charge in [-0.1, -0.05) is 0 Å². The molecule has 1 N–H and O–H groups in total. The Labute approximate surface area is 158 Å². The van der Waals surface area contributed by atoms with E-state index in [1.165, 1.54) is 32.0 Å². The predicted molar refractivity (Wildman–Crippen MR) is 101 cm³/mol. The van der Waals surface area contributed by atoms with Crippen LogP contribution in [0.3, 0.4) is 0 Å². The van der Waals surface area contributed by atoms with Gasteiger partial charge in [0.1, 0.15) is 10.6 Å². The average Bonchev–Trinajstić information content (AvgIpc) is 2.91. The van der Waals surface area contributed by atoms with Crippen LogP contribution in [0.15, 0.2) is 47.4 Å². The van der Waals surface area contributed by atoms with Gasteiger partial charge in [0.2, 0.25) is 11.8 Å². The first-order valence-corrected chi connectivity index (χ1v) is 9.83. The number of hydrogen-bond donors (Lipinski definition) is 1. The van der Waals surface area contributed by atoms with Crippen molar-refractivity contribution in [3.8, 4) is 5.75 Å². The topological polar surface area (TPSA) is 92.8 Å². The van der Waals surface area contributed by atoms with Gasteiger partial charge < -0.3 is 14.4 Å². The number of carbonyl (C=O) groups excluding carboxylic acids is 2. The Morgan fingerprint density at radius 2 is 1.78 bits per heavy atom. The van der Waals surface area contributed by atoms with Crippen LogP contribution >= 0.6 is 0 Å². The number of amides is 2. The van der Waals surface area contributed by atoms with Crippen molar-refractivity contribution in [1.29, 1.82) is 0 Å². The van der Waals surface area contributed by atoms with Crippen molar-refractivity contribution in [3.63, 3.8) is 0 Å². The predicted octanol–water partition coefficient (Wildman–Crippen LogP) is 2.71. The van der Waals surface area contributed by atoms with E-state index in [9.17, 15) is 18.0 Å². The summed E-state index contributed by atoms with van der Waals surface area (Å²) in [7, 11) is -4.02. The van der Waals surface area contributed by atoms with Crippen molar-refractivity contribution in [1.82, 2.24) is 0 Å². The number of nitrogens with zero attached hydrogens (tertiary/aromatic N) is 1. The number of carbonyl (C=O) groups is 2. The zero-order valence-electron chi connectivity index (χ0n) is 15.2. The van der Waals surface area contributed by atoms with E-state index in [-0.39, 0.29) is 28.5 Å². The third-order valence-electron chi connectivity index (χ3n) is 4.28.